The highest BCUT2D eigenvalue weighted by Gasteiger charge is 2.38. The number of hydrogen-bond donors (Lipinski definition) is 1. The zero-order valence-corrected chi connectivity index (χ0v) is 10.4. The Morgan fingerprint density at radius 3 is 2.72 bits per heavy atom. The Balaban J connectivity index is 2.11. The van der Waals surface area contributed by atoms with E-state index in [0.717, 1.165) is 11.8 Å². The molecule has 0 aromatic rings. The monoisotopic (exact) mass is 272 g/mol. The van der Waals surface area contributed by atoms with Gasteiger partial charge >= 0.3 is 5.97 Å². The Labute approximate surface area is 104 Å². The van der Waals surface area contributed by atoms with Crippen LogP contribution in [0.15, 0.2) is 35.8 Å². The molecule has 1 N–H and O–H groups in total. The summed E-state index contributed by atoms with van der Waals surface area (Å²) in [5.74, 6) is -1.49. The topological polar surface area (TPSA) is 89.9 Å². The summed E-state index contributed by atoms with van der Waals surface area (Å²) in [6.45, 7) is 1.85. The molecule has 18 heavy (non-hydrogen) atoms. The third kappa shape index (κ3) is 2.46. The molecule has 1 aliphatic heterocycles. The van der Waals surface area contributed by atoms with Crippen LogP contribution in [0.3, 0.4) is 0 Å². The van der Waals surface area contributed by atoms with Crippen LogP contribution in [-0.2, 0) is 23.8 Å². The second kappa shape index (κ2) is 4.58. The lowest BCUT2D eigenvalue weighted by Crippen LogP contribution is -2.31. The predicted octanol–water partition coefficient (Wildman–Crippen LogP) is 0.932. The fourth-order valence-corrected chi connectivity index (χ4v) is 2.77. The molecule has 0 spiro atoms. The summed E-state index contributed by atoms with van der Waals surface area (Å²) in [7, 11) is -3.99. The van der Waals surface area contributed by atoms with Crippen LogP contribution in [-0.4, -0.2) is 30.8 Å². The number of hydrogen-bond acceptors (Lipinski definition) is 6. The highest BCUT2D eigenvalue weighted by Crippen LogP contribution is 2.23. The van der Waals surface area contributed by atoms with E-state index in [1.165, 1.54) is 6.08 Å². The van der Waals surface area contributed by atoms with Crippen LogP contribution in [0.4, 0.5) is 0 Å². The van der Waals surface area contributed by atoms with Gasteiger partial charge in [-0.1, -0.05) is 23.8 Å². The Bertz CT molecular complexity index is 554. The van der Waals surface area contributed by atoms with Crippen LogP contribution >= 0.6 is 0 Å². The molecule has 7 heteroatoms. The van der Waals surface area contributed by atoms with Crippen molar-refractivity contribution in [2.45, 2.75) is 24.7 Å². The molecule has 0 bridgehead atoms. The van der Waals surface area contributed by atoms with Gasteiger partial charge < -0.3 is 9.84 Å². The molecule has 0 saturated heterocycles. The number of ether oxygens (including phenoxy) is 1. The van der Waals surface area contributed by atoms with Crippen LogP contribution in [0.5, 0.6) is 0 Å². The Morgan fingerprint density at radius 1 is 1.50 bits per heavy atom. The average molecular weight is 272 g/mol. The molecule has 0 radical (unpaired) electrons. The second-order valence-corrected chi connectivity index (χ2v) is 5.81. The van der Waals surface area contributed by atoms with E-state index >= 15 is 0 Å². The number of allylic oxidation sites excluding steroid dienone is 3. The highest BCUT2D eigenvalue weighted by molar-refractivity contribution is 7.87. The molecule has 1 heterocycles. The Morgan fingerprint density at radius 2 is 2.22 bits per heavy atom. The highest BCUT2D eigenvalue weighted by atomic mass is 32.2. The fourth-order valence-electron chi connectivity index (χ4n) is 1.58. The number of carbonyl (C=O) groups is 1. The van der Waals surface area contributed by atoms with E-state index in [-0.39, 0.29) is 6.42 Å². The molecule has 2 aliphatic rings. The van der Waals surface area contributed by atoms with Crippen molar-refractivity contribution in [3.8, 4) is 0 Å². The van der Waals surface area contributed by atoms with E-state index in [4.69, 9.17) is 4.18 Å². The van der Waals surface area contributed by atoms with Gasteiger partial charge in [-0.2, -0.15) is 8.42 Å². The summed E-state index contributed by atoms with van der Waals surface area (Å²) >= 11 is 0. The van der Waals surface area contributed by atoms with Crippen molar-refractivity contribution in [2.75, 3.05) is 0 Å². The zero-order chi connectivity index (χ0) is 13.3. The largest absolute Gasteiger partial charge is 0.506 e. The number of aliphatic hydroxyl groups is 1. The predicted molar refractivity (Wildman–Crippen MR) is 61.9 cm³/mol. The lowest BCUT2D eigenvalue weighted by atomic mass is 10.1. The standard InChI is InChI=1S/C11H12O6S/c1-7-2-4-8(5-3-7)18(14,15)17-10-9(12)6-16-11(10)13/h2-4,6,8,10,12H,5H2,1H3/t8?,10-/m1/s1. The van der Waals surface area contributed by atoms with Gasteiger partial charge in [-0.15, -0.1) is 0 Å². The first-order valence-electron chi connectivity index (χ1n) is 5.27. The number of carbonyl (C=O) groups excluding carboxylic acids is 1. The van der Waals surface area contributed by atoms with Crippen LogP contribution in [0.25, 0.3) is 0 Å². The molecule has 0 aromatic heterocycles. The summed E-state index contributed by atoms with van der Waals surface area (Å²) < 4.78 is 32.8. The summed E-state index contributed by atoms with van der Waals surface area (Å²) in [4.78, 5) is 11.1. The summed E-state index contributed by atoms with van der Waals surface area (Å²) in [5, 5.41) is 8.40. The van der Waals surface area contributed by atoms with Crippen molar-refractivity contribution in [1.29, 1.82) is 0 Å². The van der Waals surface area contributed by atoms with Crippen LogP contribution in [0.2, 0.25) is 0 Å². The van der Waals surface area contributed by atoms with Gasteiger partial charge in [0.15, 0.2) is 5.76 Å². The van der Waals surface area contributed by atoms with Crippen molar-refractivity contribution >= 4 is 16.1 Å². The molecule has 6 nitrogen and oxygen atoms in total. The third-order valence-electron chi connectivity index (χ3n) is 2.63. The number of esters is 1. The summed E-state index contributed by atoms with van der Waals surface area (Å²) in [6, 6.07) is 0. The van der Waals surface area contributed by atoms with E-state index in [9.17, 15) is 18.3 Å². The van der Waals surface area contributed by atoms with Gasteiger partial charge in [-0.25, -0.2) is 8.98 Å². The van der Waals surface area contributed by atoms with Gasteiger partial charge in [0, 0.05) is 0 Å². The maximum absolute atomic E-state index is 11.9. The van der Waals surface area contributed by atoms with Crippen LogP contribution in [0.1, 0.15) is 13.3 Å². The van der Waals surface area contributed by atoms with Crippen molar-refractivity contribution in [2.24, 2.45) is 0 Å². The summed E-state index contributed by atoms with van der Waals surface area (Å²) in [6.07, 6.45) is 4.37. The molecule has 0 aromatic carbocycles. The second-order valence-electron chi connectivity index (χ2n) is 4.03. The van der Waals surface area contributed by atoms with Crippen molar-refractivity contribution in [3.63, 3.8) is 0 Å². The minimum absolute atomic E-state index is 0.275. The molecular weight excluding hydrogens is 260 g/mol. The lowest BCUT2D eigenvalue weighted by molar-refractivity contribution is -0.141. The molecule has 98 valence electrons. The average Bonchev–Trinajstić information content (AvgIpc) is 2.61. The molecule has 2 atom stereocenters. The van der Waals surface area contributed by atoms with Crippen molar-refractivity contribution in [3.05, 3.63) is 35.8 Å². The van der Waals surface area contributed by atoms with E-state index in [1.54, 1.807) is 12.2 Å². The molecule has 0 amide bonds. The van der Waals surface area contributed by atoms with E-state index < -0.39 is 33.2 Å². The maximum atomic E-state index is 11.9. The van der Waals surface area contributed by atoms with Gasteiger partial charge in [0.2, 0.25) is 6.10 Å². The van der Waals surface area contributed by atoms with Gasteiger partial charge in [-0.05, 0) is 13.3 Å². The maximum Gasteiger partial charge on any atom is 0.349 e. The van der Waals surface area contributed by atoms with Gasteiger partial charge in [0.05, 0.1) is 0 Å². The zero-order valence-electron chi connectivity index (χ0n) is 9.57. The van der Waals surface area contributed by atoms with Crippen LogP contribution in [0, 0.1) is 0 Å². The minimum atomic E-state index is -3.99. The molecular formula is C11H12O6S. The van der Waals surface area contributed by atoms with E-state index in [0.29, 0.717) is 0 Å². The molecule has 1 unspecified atom stereocenters. The van der Waals surface area contributed by atoms with Crippen LogP contribution < -0.4 is 0 Å². The van der Waals surface area contributed by atoms with Crippen molar-refractivity contribution < 1.29 is 27.2 Å². The quantitative estimate of drug-likeness (QED) is 0.607. The number of cyclic esters (lactones) is 1. The molecule has 0 saturated carbocycles. The Kier molecular flexibility index (Phi) is 3.27. The number of rotatable bonds is 3. The molecule has 1 aliphatic carbocycles. The fraction of sp³-hybridized carbons (Fsp3) is 0.364. The minimum Gasteiger partial charge on any atom is -0.506 e. The third-order valence-corrected chi connectivity index (χ3v) is 4.18. The van der Waals surface area contributed by atoms with Gasteiger partial charge in [0.25, 0.3) is 10.1 Å². The molecule has 2 rings (SSSR count). The number of aliphatic hydroxyl groups excluding tert-OH is 1. The normalized spacial score (nSPS) is 27.7. The van der Waals surface area contributed by atoms with Crippen molar-refractivity contribution in [1.82, 2.24) is 0 Å². The first-order valence-corrected chi connectivity index (χ1v) is 6.74. The smallest absolute Gasteiger partial charge is 0.349 e. The lowest BCUT2D eigenvalue weighted by Gasteiger charge is -2.17. The van der Waals surface area contributed by atoms with Gasteiger partial charge in [-0.3, -0.25) is 0 Å². The first-order chi connectivity index (χ1) is 8.40. The first kappa shape index (κ1) is 12.8. The molecule has 0 fully saturated rings. The van der Waals surface area contributed by atoms with E-state index in [1.807, 2.05) is 6.92 Å². The Hall–Kier alpha value is -1.60. The van der Waals surface area contributed by atoms with Gasteiger partial charge in [0.1, 0.15) is 11.5 Å². The SMILES string of the molecule is CC1=CCC(S(=O)(=O)O[C@H]2C(=O)OC=C2O)C=C1. The summed E-state index contributed by atoms with van der Waals surface area (Å²) in [5.41, 5.74) is 0.962. The van der Waals surface area contributed by atoms with E-state index in [2.05, 4.69) is 4.74 Å².